The summed E-state index contributed by atoms with van der Waals surface area (Å²) in [6.07, 6.45) is 0.235. The largest absolute Gasteiger partial charge is 0.480 e. The van der Waals surface area contributed by atoms with Gasteiger partial charge in [-0.25, -0.2) is 0 Å². The molecule has 0 aromatic carbocycles. The third-order valence-corrected chi connectivity index (χ3v) is 7.23. The first kappa shape index (κ1) is 41.8. The Balaban J connectivity index is 2.66. The quantitative estimate of drug-likeness (QED) is 0.0724. The van der Waals surface area contributed by atoms with Crippen LogP contribution in [0.1, 0.15) is 26.2 Å². The first-order chi connectivity index (χ1) is 22.4. The summed E-state index contributed by atoms with van der Waals surface area (Å²) in [5.74, 6) is -4.72. The van der Waals surface area contributed by atoms with E-state index in [1.165, 1.54) is 6.92 Å². The van der Waals surface area contributed by atoms with Gasteiger partial charge in [0.25, 0.3) is 0 Å². The second kappa shape index (κ2) is 24.9. The van der Waals surface area contributed by atoms with Gasteiger partial charge in [0.15, 0.2) is 0 Å². The minimum Gasteiger partial charge on any atom is -0.480 e. The summed E-state index contributed by atoms with van der Waals surface area (Å²) in [6, 6.07) is -1.09. The highest BCUT2D eigenvalue weighted by atomic mass is 16.5. The van der Waals surface area contributed by atoms with Crippen molar-refractivity contribution >= 4 is 35.6 Å². The van der Waals surface area contributed by atoms with Crippen LogP contribution in [0.2, 0.25) is 0 Å². The first-order valence-electron chi connectivity index (χ1n) is 15.7. The third-order valence-electron chi connectivity index (χ3n) is 7.23. The van der Waals surface area contributed by atoms with E-state index in [1.54, 1.807) is 19.6 Å². The first-order valence-corrected chi connectivity index (χ1v) is 15.7. The van der Waals surface area contributed by atoms with Crippen LogP contribution in [0.3, 0.4) is 0 Å². The molecule has 1 amide bonds. The molecule has 0 aliphatic carbocycles. The summed E-state index contributed by atoms with van der Waals surface area (Å²) in [4.78, 5) is 76.4. The molecule has 5 N–H and O–H groups in total. The van der Waals surface area contributed by atoms with Crippen molar-refractivity contribution in [2.75, 3.05) is 118 Å². The molecule has 0 saturated carbocycles. The van der Waals surface area contributed by atoms with Crippen LogP contribution in [0.4, 0.5) is 0 Å². The molecule has 0 aromatic rings. The molecule has 1 unspecified atom stereocenters. The van der Waals surface area contributed by atoms with Gasteiger partial charge in [-0.3, -0.25) is 48.4 Å². The zero-order valence-corrected chi connectivity index (χ0v) is 27.2. The van der Waals surface area contributed by atoms with Gasteiger partial charge in [-0.05, 0) is 13.3 Å². The number of carboxylic acids is 4. The molecule has 0 aromatic heterocycles. The molecule has 0 bridgehead atoms. The molecule has 1 atom stereocenters. The van der Waals surface area contributed by atoms with Crippen LogP contribution in [0.5, 0.6) is 0 Å². The lowest BCUT2D eigenvalue weighted by atomic mass is 10.1. The zero-order chi connectivity index (χ0) is 35.0. The van der Waals surface area contributed by atoms with Gasteiger partial charge < -0.3 is 40.0 Å². The fourth-order valence-corrected chi connectivity index (χ4v) is 4.75. The van der Waals surface area contributed by atoms with Crippen molar-refractivity contribution < 1.29 is 63.4 Å². The standard InChI is InChI=1S/C29H51N5O13/c1-23(35)4-14-45-16-18-47-19-17-46-15-5-30-25(36)3-2-24(29(43)44)34-12-10-32(21-27(39)40)8-6-31(20-26(37)38)7-9-33(11-13-34)22-28(41)42/h24H,2-22H2,1H3,(H,30,36)(H,37,38)(H,39,40)(H,41,42)(H,43,44). The average molecular weight is 678 g/mol. The van der Waals surface area contributed by atoms with Crippen molar-refractivity contribution in [3.05, 3.63) is 0 Å². The van der Waals surface area contributed by atoms with Crippen molar-refractivity contribution in [3.63, 3.8) is 0 Å². The summed E-state index contributed by atoms with van der Waals surface area (Å²) < 4.78 is 16.0. The van der Waals surface area contributed by atoms with Gasteiger partial charge in [0.1, 0.15) is 11.8 Å². The molecular formula is C29H51N5O13. The number of hydrogen-bond donors (Lipinski definition) is 5. The van der Waals surface area contributed by atoms with Gasteiger partial charge in [-0.1, -0.05) is 0 Å². The molecule has 47 heavy (non-hydrogen) atoms. The van der Waals surface area contributed by atoms with Crippen molar-refractivity contribution in [1.82, 2.24) is 24.9 Å². The van der Waals surface area contributed by atoms with Crippen LogP contribution in [0.15, 0.2) is 0 Å². The van der Waals surface area contributed by atoms with E-state index in [1.807, 2.05) is 0 Å². The molecule has 0 radical (unpaired) electrons. The van der Waals surface area contributed by atoms with E-state index in [9.17, 15) is 49.2 Å². The maximum absolute atomic E-state index is 12.5. The molecule has 18 heteroatoms. The number of Topliss-reactive ketones (excluding diaryl/α,β-unsaturated/α-hetero) is 1. The van der Waals surface area contributed by atoms with Crippen molar-refractivity contribution in [3.8, 4) is 0 Å². The Morgan fingerprint density at radius 1 is 0.596 bits per heavy atom. The fraction of sp³-hybridized carbons (Fsp3) is 0.793. The fourth-order valence-electron chi connectivity index (χ4n) is 4.75. The molecule has 1 rings (SSSR count). The number of ether oxygens (including phenoxy) is 3. The van der Waals surface area contributed by atoms with E-state index < -0.39 is 29.9 Å². The molecule has 1 aliphatic heterocycles. The number of nitrogens with one attached hydrogen (secondary N) is 1. The van der Waals surface area contributed by atoms with E-state index in [0.29, 0.717) is 39.5 Å². The normalized spacial score (nSPS) is 16.9. The molecule has 1 fully saturated rings. The molecule has 1 aliphatic rings. The number of amides is 1. The lowest BCUT2D eigenvalue weighted by molar-refractivity contribution is -0.145. The minimum atomic E-state index is -1.17. The Kier molecular flexibility index (Phi) is 22.1. The van der Waals surface area contributed by atoms with Gasteiger partial charge in [0, 0.05) is 71.7 Å². The Morgan fingerprint density at radius 3 is 1.40 bits per heavy atom. The number of hydrogen-bond acceptors (Lipinski definition) is 13. The van der Waals surface area contributed by atoms with Crippen LogP contribution < -0.4 is 5.32 Å². The SMILES string of the molecule is CC(=O)CCOCCOCCOCCNC(=O)CCC(C(=O)O)N1CCN(CC(=O)O)CCN(CC(=O)O)CCN(CC(=O)O)CC1. The van der Waals surface area contributed by atoms with Crippen molar-refractivity contribution in [2.45, 2.75) is 32.2 Å². The van der Waals surface area contributed by atoms with Crippen molar-refractivity contribution in [2.24, 2.45) is 0 Å². The van der Waals surface area contributed by atoms with Gasteiger partial charge >= 0.3 is 23.9 Å². The van der Waals surface area contributed by atoms with Crippen LogP contribution >= 0.6 is 0 Å². The average Bonchev–Trinajstić information content (AvgIpc) is 2.97. The number of carbonyl (C=O) groups is 6. The van der Waals surface area contributed by atoms with Gasteiger partial charge in [0.2, 0.25) is 5.91 Å². The molecule has 18 nitrogen and oxygen atoms in total. The predicted molar refractivity (Wildman–Crippen MR) is 165 cm³/mol. The maximum atomic E-state index is 12.5. The number of nitrogens with zero attached hydrogens (tertiary/aromatic N) is 4. The van der Waals surface area contributed by atoms with Crippen LogP contribution in [-0.2, 0) is 43.0 Å². The Bertz CT molecular complexity index is 954. The third kappa shape index (κ3) is 22.0. The number of aliphatic carboxylic acids is 4. The van der Waals surface area contributed by atoms with Crippen molar-refractivity contribution in [1.29, 1.82) is 0 Å². The highest BCUT2D eigenvalue weighted by molar-refractivity contribution is 5.78. The Labute approximate surface area is 274 Å². The highest BCUT2D eigenvalue weighted by Gasteiger charge is 2.28. The van der Waals surface area contributed by atoms with E-state index in [2.05, 4.69) is 5.32 Å². The predicted octanol–water partition coefficient (Wildman–Crippen LogP) is -2.16. The van der Waals surface area contributed by atoms with Gasteiger partial charge in [-0.15, -0.1) is 0 Å². The van der Waals surface area contributed by atoms with E-state index >= 15 is 0 Å². The molecule has 1 heterocycles. The second-order valence-corrected chi connectivity index (χ2v) is 11.1. The summed E-state index contributed by atoms with van der Waals surface area (Å²) in [5, 5.41) is 40.8. The molecular weight excluding hydrogens is 626 g/mol. The highest BCUT2D eigenvalue weighted by Crippen LogP contribution is 2.11. The topological polar surface area (TPSA) is 236 Å². The van der Waals surface area contributed by atoms with Gasteiger partial charge in [-0.2, -0.15) is 0 Å². The summed E-state index contributed by atoms with van der Waals surface area (Å²) >= 11 is 0. The maximum Gasteiger partial charge on any atom is 0.320 e. The molecule has 1 saturated heterocycles. The van der Waals surface area contributed by atoms with E-state index in [0.717, 1.165) is 0 Å². The van der Waals surface area contributed by atoms with E-state index in [-0.39, 0.29) is 110 Å². The lowest BCUT2D eigenvalue weighted by Gasteiger charge is -2.35. The molecule has 0 spiro atoms. The smallest absolute Gasteiger partial charge is 0.320 e. The number of carbonyl (C=O) groups excluding carboxylic acids is 2. The lowest BCUT2D eigenvalue weighted by Crippen LogP contribution is -2.52. The number of carboxylic acid groups (broad SMARTS) is 4. The zero-order valence-electron chi connectivity index (χ0n) is 27.2. The Morgan fingerprint density at radius 2 is 1.00 bits per heavy atom. The van der Waals surface area contributed by atoms with Gasteiger partial charge in [0.05, 0.1) is 59.3 Å². The summed E-state index contributed by atoms with van der Waals surface area (Å²) in [5.41, 5.74) is 0. The molecule has 270 valence electrons. The van der Waals surface area contributed by atoms with Crippen LogP contribution in [-0.4, -0.2) is 200 Å². The van der Waals surface area contributed by atoms with Crippen LogP contribution in [0, 0.1) is 0 Å². The summed E-state index contributed by atoms with van der Waals surface area (Å²) in [6.45, 7) is 4.13. The Hall–Kier alpha value is -3.26. The summed E-state index contributed by atoms with van der Waals surface area (Å²) in [7, 11) is 0. The van der Waals surface area contributed by atoms with E-state index in [4.69, 9.17) is 14.2 Å². The monoisotopic (exact) mass is 677 g/mol. The van der Waals surface area contributed by atoms with Crippen LogP contribution in [0.25, 0.3) is 0 Å². The number of rotatable bonds is 23. The minimum absolute atomic E-state index is 0.0331. The number of ketones is 1. The second-order valence-electron chi connectivity index (χ2n) is 11.1.